The van der Waals surface area contributed by atoms with Gasteiger partial charge < -0.3 is 20.9 Å². The van der Waals surface area contributed by atoms with Gasteiger partial charge in [-0.2, -0.15) is 0 Å². The molecule has 1 aromatic heterocycles. The molecule has 0 aliphatic heterocycles. The summed E-state index contributed by atoms with van der Waals surface area (Å²) in [4.78, 5) is 13.2. The predicted molar refractivity (Wildman–Crippen MR) is 114 cm³/mol. The summed E-state index contributed by atoms with van der Waals surface area (Å²) < 4.78 is 5.79. The van der Waals surface area contributed by atoms with Gasteiger partial charge in [-0.3, -0.25) is 4.79 Å². The molecule has 146 valence electrons. The number of carbonyl (C=O) groups is 1. The summed E-state index contributed by atoms with van der Waals surface area (Å²) in [6.45, 7) is 1.62. The van der Waals surface area contributed by atoms with E-state index in [4.69, 9.17) is 15.6 Å². The first kappa shape index (κ1) is 20.1. The number of anilines is 1. The molecule has 0 spiro atoms. The van der Waals surface area contributed by atoms with Crippen LogP contribution in [0.4, 0.5) is 5.69 Å². The lowest BCUT2D eigenvalue weighted by Gasteiger charge is -2.20. The number of benzene rings is 2. The molecule has 4 N–H and O–H groups in total. The number of rotatable bonds is 8. The molecular formula is C22H24N2O3S. The number of aliphatic hydroxyl groups is 1. The minimum Gasteiger partial charge on any atom is -0.493 e. The van der Waals surface area contributed by atoms with Gasteiger partial charge in [0.25, 0.3) is 0 Å². The molecule has 0 bridgehead atoms. The van der Waals surface area contributed by atoms with E-state index in [1.54, 1.807) is 35.6 Å². The van der Waals surface area contributed by atoms with Crippen LogP contribution >= 0.6 is 11.3 Å². The maximum Gasteiger partial charge on any atom is 0.246 e. The molecule has 1 atom stereocenters. The van der Waals surface area contributed by atoms with E-state index < -0.39 is 18.1 Å². The Kier molecular flexibility index (Phi) is 6.46. The number of hydrogen-bond acceptors (Lipinski definition) is 5. The minimum absolute atomic E-state index is 0.422. The molecule has 5 nitrogen and oxygen atoms in total. The van der Waals surface area contributed by atoms with E-state index in [0.717, 1.165) is 12.2 Å². The molecule has 1 amide bonds. The van der Waals surface area contributed by atoms with Gasteiger partial charge in [0, 0.05) is 17.0 Å². The number of hydrogen-bond donors (Lipinski definition) is 3. The number of nitrogens with two attached hydrogens (primary N) is 1. The molecule has 2 aromatic carbocycles. The summed E-state index contributed by atoms with van der Waals surface area (Å²) in [5.41, 5.74) is 7.45. The Morgan fingerprint density at radius 2 is 1.86 bits per heavy atom. The van der Waals surface area contributed by atoms with Crippen LogP contribution in [0.5, 0.6) is 5.75 Å². The Morgan fingerprint density at radius 1 is 1.14 bits per heavy atom. The van der Waals surface area contributed by atoms with Crippen LogP contribution in [0, 0.1) is 0 Å². The predicted octanol–water partition coefficient (Wildman–Crippen LogP) is 3.68. The van der Waals surface area contributed by atoms with Crippen LogP contribution in [0.2, 0.25) is 0 Å². The third-order valence-corrected chi connectivity index (χ3v) is 5.30. The SMILES string of the molecule is C[C@](N)(CO)C(=O)Nc1ccc(OCCc2ccc(-c3cccs3)cc2)cc1. The van der Waals surface area contributed by atoms with Gasteiger partial charge in [0.2, 0.25) is 5.91 Å². The lowest BCUT2D eigenvalue weighted by Crippen LogP contribution is -2.51. The van der Waals surface area contributed by atoms with Crippen LogP contribution in [-0.2, 0) is 11.2 Å². The van der Waals surface area contributed by atoms with Crippen molar-refractivity contribution in [2.24, 2.45) is 5.73 Å². The second-order valence-corrected chi connectivity index (χ2v) is 7.77. The molecule has 0 saturated heterocycles. The standard InChI is InChI=1S/C22H24N2O3S/c1-22(23,15-25)21(26)24-18-8-10-19(11-9-18)27-13-12-16-4-6-17(7-5-16)20-3-2-14-28-20/h2-11,14,25H,12-13,15,23H2,1H3,(H,24,26)/t22-/m0/s1. The van der Waals surface area contributed by atoms with Crippen LogP contribution < -0.4 is 15.8 Å². The Morgan fingerprint density at radius 3 is 2.46 bits per heavy atom. The Labute approximate surface area is 168 Å². The summed E-state index contributed by atoms with van der Waals surface area (Å²) in [5.74, 6) is 0.292. The fraction of sp³-hybridized carbons (Fsp3) is 0.227. The molecule has 0 aliphatic carbocycles. The van der Waals surface area contributed by atoms with Crippen molar-refractivity contribution in [1.29, 1.82) is 0 Å². The van der Waals surface area contributed by atoms with E-state index >= 15 is 0 Å². The number of ether oxygens (including phenoxy) is 1. The molecule has 3 rings (SSSR count). The van der Waals surface area contributed by atoms with Crippen molar-refractivity contribution in [2.45, 2.75) is 18.9 Å². The molecule has 6 heteroatoms. The van der Waals surface area contributed by atoms with Crippen molar-refractivity contribution in [3.05, 3.63) is 71.6 Å². The van der Waals surface area contributed by atoms with E-state index in [1.165, 1.54) is 22.9 Å². The third-order valence-electron chi connectivity index (χ3n) is 4.38. The van der Waals surface area contributed by atoms with Gasteiger partial charge in [-0.25, -0.2) is 0 Å². The van der Waals surface area contributed by atoms with E-state index in [-0.39, 0.29) is 0 Å². The fourth-order valence-corrected chi connectivity index (χ4v) is 3.28. The van der Waals surface area contributed by atoms with Crippen LogP contribution in [0.25, 0.3) is 10.4 Å². The highest BCUT2D eigenvalue weighted by atomic mass is 32.1. The summed E-state index contributed by atoms with van der Waals surface area (Å²) in [5, 5.41) is 13.9. The van der Waals surface area contributed by atoms with Gasteiger partial charge in [-0.05, 0) is 53.8 Å². The van der Waals surface area contributed by atoms with Crippen LogP contribution in [-0.4, -0.2) is 29.8 Å². The number of nitrogens with one attached hydrogen (secondary N) is 1. The van der Waals surface area contributed by atoms with Crippen molar-refractivity contribution in [1.82, 2.24) is 0 Å². The largest absolute Gasteiger partial charge is 0.493 e. The average Bonchev–Trinajstić information content (AvgIpc) is 3.24. The number of carbonyl (C=O) groups excluding carboxylic acids is 1. The molecule has 0 unspecified atom stereocenters. The van der Waals surface area contributed by atoms with E-state index in [1.807, 2.05) is 0 Å². The smallest absolute Gasteiger partial charge is 0.246 e. The first-order chi connectivity index (χ1) is 13.5. The number of aliphatic hydroxyl groups excluding tert-OH is 1. The number of thiophene rings is 1. The van der Waals surface area contributed by atoms with Gasteiger partial charge >= 0.3 is 0 Å². The number of amides is 1. The lowest BCUT2D eigenvalue weighted by molar-refractivity contribution is -0.121. The van der Waals surface area contributed by atoms with Gasteiger partial charge in [0.05, 0.1) is 13.2 Å². The van der Waals surface area contributed by atoms with Gasteiger partial charge in [-0.1, -0.05) is 30.3 Å². The summed E-state index contributed by atoms with van der Waals surface area (Å²) >= 11 is 1.73. The molecule has 1 heterocycles. The van der Waals surface area contributed by atoms with Gasteiger partial charge in [-0.15, -0.1) is 11.3 Å². The normalized spacial score (nSPS) is 13.0. The average molecular weight is 397 g/mol. The topological polar surface area (TPSA) is 84.6 Å². The van der Waals surface area contributed by atoms with Crippen LogP contribution in [0.3, 0.4) is 0 Å². The molecule has 28 heavy (non-hydrogen) atoms. The first-order valence-electron chi connectivity index (χ1n) is 9.05. The van der Waals surface area contributed by atoms with E-state index in [9.17, 15) is 4.79 Å². The van der Waals surface area contributed by atoms with E-state index in [2.05, 4.69) is 47.1 Å². The monoisotopic (exact) mass is 396 g/mol. The zero-order chi connectivity index (χ0) is 20.0. The fourth-order valence-electron chi connectivity index (χ4n) is 2.55. The third kappa shape index (κ3) is 5.19. The van der Waals surface area contributed by atoms with Gasteiger partial charge in [0.1, 0.15) is 11.3 Å². The molecule has 0 fully saturated rings. The van der Waals surface area contributed by atoms with Crippen molar-refractivity contribution in [3.8, 4) is 16.2 Å². The van der Waals surface area contributed by atoms with Crippen molar-refractivity contribution < 1.29 is 14.6 Å². The van der Waals surface area contributed by atoms with Crippen molar-refractivity contribution in [2.75, 3.05) is 18.5 Å². The molecular weight excluding hydrogens is 372 g/mol. The van der Waals surface area contributed by atoms with Gasteiger partial charge in [0.15, 0.2) is 0 Å². The zero-order valence-electron chi connectivity index (χ0n) is 15.7. The minimum atomic E-state index is -1.31. The highest BCUT2D eigenvalue weighted by molar-refractivity contribution is 7.13. The van der Waals surface area contributed by atoms with Crippen LogP contribution in [0.15, 0.2) is 66.0 Å². The summed E-state index contributed by atoms with van der Waals surface area (Å²) in [6, 6.07) is 19.8. The molecule has 0 aliphatic rings. The second-order valence-electron chi connectivity index (χ2n) is 6.83. The van der Waals surface area contributed by atoms with E-state index in [0.29, 0.717) is 12.3 Å². The zero-order valence-corrected chi connectivity index (χ0v) is 16.5. The highest BCUT2D eigenvalue weighted by Gasteiger charge is 2.27. The maximum atomic E-state index is 12.0. The highest BCUT2D eigenvalue weighted by Crippen LogP contribution is 2.25. The Bertz CT molecular complexity index is 889. The van der Waals surface area contributed by atoms with Crippen molar-refractivity contribution in [3.63, 3.8) is 0 Å². The Hall–Kier alpha value is -2.67. The summed E-state index contributed by atoms with van der Waals surface area (Å²) in [7, 11) is 0. The molecule has 0 radical (unpaired) electrons. The molecule has 0 saturated carbocycles. The quantitative estimate of drug-likeness (QED) is 0.542. The first-order valence-corrected chi connectivity index (χ1v) is 9.93. The summed E-state index contributed by atoms with van der Waals surface area (Å²) in [6.07, 6.45) is 0.811. The lowest BCUT2D eigenvalue weighted by atomic mass is 10.0. The second kappa shape index (κ2) is 9.01. The maximum absolute atomic E-state index is 12.0. The molecule has 3 aromatic rings. The Balaban J connectivity index is 1.48. The van der Waals surface area contributed by atoms with Crippen molar-refractivity contribution >= 4 is 22.9 Å². The van der Waals surface area contributed by atoms with Crippen LogP contribution in [0.1, 0.15) is 12.5 Å².